The molecule has 1 heterocycles. The van der Waals surface area contributed by atoms with E-state index in [1.165, 1.54) is 0 Å². The molecule has 3 rings (SSSR count). The number of sulfonamides is 1. The van der Waals surface area contributed by atoms with Crippen molar-refractivity contribution < 1.29 is 13.2 Å². The molecule has 1 saturated heterocycles. The minimum absolute atomic E-state index is 0.0698. The topological polar surface area (TPSA) is 66.5 Å². The van der Waals surface area contributed by atoms with Crippen molar-refractivity contribution in [2.45, 2.75) is 38.0 Å². The summed E-state index contributed by atoms with van der Waals surface area (Å²) in [5.41, 5.74) is 2.41. The summed E-state index contributed by atoms with van der Waals surface area (Å²) in [6.45, 7) is 4.14. The Balaban J connectivity index is 1.90. The maximum absolute atomic E-state index is 12.8. The fourth-order valence-electron chi connectivity index (χ4n) is 3.07. The van der Waals surface area contributed by atoms with Crippen LogP contribution in [0.2, 0.25) is 5.02 Å². The van der Waals surface area contributed by atoms with Gasteiger partial charge < -0.3 is 4.90 Å². The van der Waals surface area contributed by atoms with Crippen molar-refractivity contribution in [3.8, 4) is 0 Å². The first-order valence-electron chi connectivity index (χ1n) is 8.48. The summed E-state index contributed by atoms with van der Waals surface area (Å²) in [6.07, 6.45) is 2.38. The molecule has 0 aromatic heterocycles. The summed E-state index contributed by atoms with van der Waals surface area (Å²) in [7, 11) is -3.76. The molecular weight excluding hydrogens is 372 g/mol. The highest BCUT2D eigenvalue weighted by atomic mass is 35.5. The molecule has 0 atom stereocenters. The van der Waals surface area contributed by atoms with E-state index in [-0.39, 0.29) is 10.8 Å². The van der Waals surface area contributed by atoms with Gasteiger partial charge in [-0.05, 0) is 68.1 Å². The molecule has 0 saturated carbocycles. The monoisotopic (exact) mass is 392 g/mol. The Morgan fingerprint density at radius 2 is 1.85 bits per heavy atom. The lowest BCUT2D eigenvalue weighted by Crippen LogP contribution is -2.35. The molecule has 1 aliphatic rings. The molecule has 138 valence electrons. The highest BCUT2D eigenvalue weighted by Gasteiger charge is 2.21. The standard InChI is InChI=1S/C19H21ClN2O3S/c1-13-11-18(14(2)10-17(13)20)26(24,25)21-15-6-5-7-16(12-15)22-9-4-3-8-19(22)23/h5-7,10-12,21H,3-4,8-9H2,1-2H3. The smallest absolute Gasteiger partial charge is 0.262 e. The average Bonchev–Trinajstić information content (AvgIpc) is 2.58. The van der Waals surface area contributed by atoms with Gasteiger partial charge in [-0.1, -0.05) is 17.7 Å². The Hall–Kier alpha value is -2.05. The molecular formula is C19H21ClN2O3S. The number of amides is 1. The van der Waals surface area contributed by atoms with E-state index in [1.807, 2.05) is 6.07 Å². The Bertz CT molecular complexity index is 957. The van der Waals surface area contributed by atoms with Gasteiger partial charge in [-0.3, -0.25) is 9.52 Å². The fraction of sp³-hybridized carbons (Fsp3) is 0.316. The molecule has 0 radical (unpaired) electrons. The van der Waals surface area contributed by atoms with Crippen molar-refractivity contribution in [1.82, 2.24) is 0 Å². The lowest BCUT2D eigenvalue weighted by atomic mass is 10.1. The number of hydrogen-bond donors (Lipinski definition) is 1. The van der Waals surface area contributed by atoms with E-state index in [0.29, 0.717) is 40.5 Å². The summed E-state index contributed by atoms with van der Waals surface area (Å²) in [5.74, 6) is 0.0698. The molecule has 2 aromatic carbocycles. The van der Waals surface area contributed by atoms with Crippen molar-refractivity contribution in [1.29, 1.82) is 0 Å². The quantitative estimate of drug-likeness (QED) is 0.844. The molecule has 0 spiro atoms. The van der Waals surface area contributed by atoms with E-state index in [1.54, 1.807) is 49.1 Å². The van der Waals surface area contributed by atoms with Crippen LogP contribution in [0.3, 0.4) is 0 Å². The number of nitrogens with one attached hydrogen (secondary N) is 1. The SMILES string of the molecule is Cc1cc(S(=O)(=O)Nc2cccc(N3CCCCC3=O)c2)c(C)cc1Cl. The van der Waals surface area contributed by atoms with Crippen molar-refractivity contribution in [2.24, 2.45) is 0 Å². The first-order valence-corrected chi connectivity index (χ1v) is 10.3. The molecule has 0 unspecified atom stereocenters. The molecule has 1 fully saturated rings. The van der Waals surface area contributed by atoms with Crippen LogP contribution in [-0.2, 0) is 14.8 Å². The zero-order chi connectivity index (χ0) is 18.9. The second-order valence-corrected chi connectivity index (χ2v) is 8.58. The highest BCUT2D eigenvalue weighted by molar-refractivity contribution is 7.92. The molecule has 5 nitrogen and oxygen atoms in total. The van der Waals surface area contributed by atoms with E-state index in [9.17, 15) is 13.2 Å². The third-order valence-electron chi connectivity index (χ3n) is 4.48. The van der Waals surface area contributed by atoms with Crippen molar-refractivity contribution in [2.75, 3.05) is 16.2 Å². The number of piperidine rings is 1. The van der Waals surface area contributed by atoms with Crippen LogP contribution in [0.5, 0.6) is 0 Å². The predicted octanol–water partition coefficient (Wildman–Crippen LogP) is 4.27. The second-order valence-electron chi connectivity index (χ2n) is 6.53. The Morgan fingerprint density at radius 1 is 1.08 bits per heavy atom. The number of aryl methyl sites for hydroxylation is 2. The summed E-state index contributed by atoms with van der Waals surface area (Å²) in [5, 5.41) is 0.534. The Morgan fingerprint density at radius 3 is 2.58 bits per heavy atom. The number of carbonyl (C=O) groups excluding carboxylic acids is 1. The molecule has 1 N–H and O–H groups in total. The molecule has 1 amide bonds. The van der Waals surface area contributed by atoms with Crippen LogP contribution >= 0.6 is 11.6 Å². The minimum atomic E-state index is -3.76. The summed E-state index contributed by atoms with van der Waals surface area (Å²) in [6, 6.07) is 10.1. The maximum atomic E-state index is 12.8. The summed E-state index contributed by atoms with van der Waals surface area (Å²) >= 11 is 6.06. The number of nitrogens with zero attached hydrogens (tertiary/aromatic N) is 1. The van der Waals surface area contributed by atoms with Gasteiger partial charge in [-0.25, -0.2) is 8.42 Å². The van der Waals surface area contributed by atoms with Gasteiger partial charge in [0.05, 0.1) is 10.6 Å². The molecule has 26 heavy (non-hydrogen) atoms. The van der Waals surface area contributed by atoms with Crippen LogP contribution < -0.4 is 9.62 Å². The van der Waals surface area contributed by atoms with Crippen LogP contribution in [0.15, 0.2) is 41.3 Å². The highest BCUT2D eigenvalue weighted by Crippen LogP contribution is 2.28. The zero-order valence-corrected chi connectivity index (χ0v) is 16.3. The molecule has 0 aliphatic carbocycles. The van der Waals surface area contributed by atoms with Crippen LogP contribution in [0.4, 0.5) is 11.4 Å². The van der Waals surface area contributed by atoms with Gasteiger partial charge in [0.2, 0.25) is 5.91 Å². The lowest BCUT2D eigenvalue weighted by molar-refractivity contribution is -0.119. The van der Waals surface area contributed by atoms with Gasteiger partial charge in [-0.2, -0.15) is 0 Å². The van der Waals surface area contributed by atoms with Gasteiger partial charge in [0.1, 0.15) is 0 Å². The molecule has 7 heteroatoms. The van der Waals surface area contributed by atoms with Crippen LogP contribution in [0.25, 0.3) is 0 Å². The van der Waals surface area contributed by atoms with Gasteiger partial charge in [-0.15, -0.1) is 0 Å². The zero-order valence-electron chi connectivity index (χ0n) is 14.8. The van der Waals surface area contributed by atoms with E-state index in [2.05, 4.69) is 4.72 Å². The number of hydrogen-bond acceptors (Lipinski definition) is 3. The summed E-state index contributed by atoms with van der Waals surface area (Å²) in [4.78, 5) is 14.0. The molecule has 0 bridgehead atoms. The van der Waals surface area contributed by atoms with Crippen LogP contribution in [0, 0.1) is 13.8 Å². The van der Waals surface area contributed by atoms with Crippen LogP contribution in [-0.4, -0.2) is 20.9 Å². The number of halogens is 1. The normalized spacial score (nSPS) is 15.2. The average molecular weight is 393 g/mol. The van der Waals surface area contributed by atoms with Crippen molar-refractivity contribution >= 4 is 38.9 Å². The number of rotatable bonds is 4. The third-order valence-corrected chi connectivity index (χ3v) is 6.41. The van der Waals surface area contributed by atoms with E-state index in [0.717, 1.165) is 12.8 Å². The number of carbonyl (C=O) groups is 1. The molecule has 2 aromatic rings. The maximum Gasteiger partial charge on any atom is 0.262 e. The van der Waals surface area contributed by atoms with E-state index in [4.69, 9.17) is 11.6 Å². The number of benzene rings is 2. The first-order chi connectivity index (χ1) is 12.3. The van der Waals surface area contributed by atoms with Crippen molar-refractivity contribution in [3.63, 3.8) is 0 Å². The van der Waals surface area contributed by atoms with Crippen LogP contribution in [0.1, 0.15) is 30.4 Å². The molecule has 1 aliphatic heterocycles. The van der Waals surface area contributed by atoms with Gasteiger partial charge in [0.15, 0.2) is 0 Å². The second kappa shape index (κ2) is 7.29. The minimum Gasteiger partial charge on any atom is -0.312 e. The van der Waals surface area contributed by atoms with E-state index >= 15 is 0 Å². The first kappa shape index (κ1) is 18.7. The van der Waals surface area contributed by atoms with Gasteiger partial charge in [0.25, 0.3) is 10.0 Å². The van der Waals surface area contributed by atoms with Gasteiger partial charge in [0, 0.05) is 23.7 Å². The lowest BCUT2D eigenvalue weighted by Gasteiger charge is -2.27. The Labute approximate surface area is 159 Å². The largest absolute Gasteiger partial charge is 0.312 e. The fourth-order valence-corrected chi connectivity index (χ4v) is 4.65. The number of anilines is 2. The van der Waals surface area contributed by atoms with Crippen molar-refractivity contribution in [3.05, 3.63) is 52.5 Å². The third kappa shape index (κ3) is 3.86. The van der Waals surface area contributed by atoms with E-state index < -0.39 is 10.0 Å². The summed E-state index contributed by atoms with van der Waals surface area (Å²) < 4.78 is 28.2. The predicted molar refractivity (Wildman–Crippen MR) is 104 cm³/mol. The van der Waals surface area contributed by atoms with Gasteiger partial charge >= 0.3 is 0 Å². The Kier molecular flexibility index (Phi) is 5.25.